The van der Waals surface area contributed by atoms with Gasteiger partial charge in [-0.05, 0) is 26.3 Å². The lowest BCUT2D eigenvalue weighted by Crippen LogP contribution is -2.54. The molecule has 2 N–H and O–H groups in total. The van der Waals surface area contributed by atoms with Crippen LogP contribution in [0.5, 0.6) is 0 Å². The number of hydrogen-bond acceptors (Lipinski definition) is 3. The van der Waals surface area contributed by atoms with Gasteiger partial charge in [0.05, 0.1) is 18.6 Å². The Bertz CT molecular complexity index is 537. The lowest BCUT2D eigenvalue weighted by atomic mass is 9.82. The zero-order valence-corrected chi connectivity index (χ0v) is 12.8. The fourth-order valence-corrected chi connectivity index (χ4v) is 2.49. The van der Waals surface area contributed by atoms with E-state index in [1.807, 2.05) is 45.0 Å². The average molecular weight is 290 g/mol. The third-order valence-electron chi connectivity index (χ3n) is 3.98. The molecule has 0 radical (unpaired) electrons. The highest BCUT2D eigenvalue weighted by Crippen LogP contribution is 2.27. The molecule has 0 bridgehead atoms. The highest BCUT2D eigenvalue weighted by atomic mass is 16.5. The Morgan fingerprint density at radius 2 is 1.90 bits per heavy atom. The van der Waals surface area contributed by atoms with E-state index >= 15 is 0 Å². The summed E-state index contributed by atoms with van der Waals surface area (Å²) in [4.78, 5) is 25.7. The molecule has 1 aromatic carbocycles. The Balaban J connectivity index is 2.17. The van der Waals surface area contributed by atoms with Gasteiger partial charge in [0.1, 0.15) is 0 Å². The van der Waals surface area contributed by atoms with Crippen LogP contribution in [0.4, 0.5) is 0 Å². The van der Waals surface area contributed by atoms with Crippen LogP contribution in [0.15, 0.2) is 24.3 Å². The molecule has 0 aliphatic carbocycles. The Kier molecular flexibility index (Phi) is 4.32. The molecule has 1 aliphatic heterocycles. The smallest absolute Gasteiger partial charge is 0.248 e. The average Bonchev–Trinajstić information content (AvgIpc) is 2.47. The summed E-state index contributed by atoms with van der Waals surface area (Å²) in [5.41, 5.74) is 6.73. The number of nitrogens with two attached hydrogens (primary N) is 1. The maximum absolute atomic E-state index is 12.8. The molecule has 5 heteroatoms. The van der Waals surface area contributed by atoms with E-state index < -0.39 is 17.4 Å². The molecule has 0 saturated carbocycles. The highest BCUT2D eigenvalue weighted by Gasteiger charge is 2.37. The van der Waals surface area contributed by atoms with E-state index in [1.165, 1.54) is 0 Å². The maximum atomic E-state index is 12.8. The Hall–Kier alpha value is -1.88. The molecule has 2 amide bonds. The zero-order chi connectivity index (χ0) is 15.6. The van der Waals surface area contributed by atoms with Crippen LogP contribution in [0.3, 0.4) is 0 Å². The van der Waals surface area contributed by atoms with Crippen LogP contribution >= 0.6 is 0 Å². The van der Waals surface area contributed by atoms with E-state index in [0.717, 1.165) is 11.1 Å². The minimum atomic E-state index is -0.712. The number of carbonyl (C=O) groups excluding carboxylic acids is 2. The van der Waals surface area contributed by atoms with Crippen LogP contribution in [0.2, 0.25) is 0 Å². The Labute approximate surface area is 125 Å². The van der Waals surface area contributed by atoms with Crippen LogP contribution in [-0.2, 0) is 19.7 Å². The van der Waals surface area contributed by atoms with E-state index in [0.29, 0.717) is 13.2 Å². The molecule has 5 nitrogen and oxygen atoms in total. The Morgan fingerprint density at radius 1 is 1.29 bits per heavy atom. The molecule has 114 valence electrons. The quantitative estimate of drug-likeness (QED) is 0.902. The van der Waals surface area contributed by atoms with Crippen LogP contribution in [0, 0.1) is 6.92 Å². The normalized spacial score (nSPS) is 19.4. The van der Waals surface area contributed by atoms with Crippen molar-refractivity contribution in [3.63, 3.8) is 0 Å². The van der Waals surface area contributed by atoms with Crippen molar-refractivity contribution in [3.05, 3.63) is 35.4 Å². The number of nitrogens with zero attached hydrogens (tertiary/aromatic N) is 1. The van der Waals surface area contributed by atoms with Crippen molar-refractivity contribution in [1.82, 2.24) is 4.90 Å². The number of carbonyl (C=O) groups is 2. The second kappa shape index (κ2) is 5.85. The van der Waals surface area contributed by atoms with Gasteiger partial charge in [-0.1, -0.05) is 29.8 Å². The van der Waals surface area contributed by atoms with E-state index in [1.54, 1.807) is 4.90 Å². The van der Waals surface area contributed by atoms with Crippen molar-refractivity contribution >= 4 is 11.8 Å². The first kappa shape index (κ1) is 15.5. The lowest BCUT2D eigenvalue weighted by Gasteiger charge is -2.37. The summed E-state index contributed by atoms with van der Waals surface area (Å²) in [5.74, 6) is -0.540. The fraction of sp³-hybridized carbons (Fsp3) is 0.500. The summed E-state index contributed by atoms with van der Waals surface area (Å²) in [6.45, 7) is 6.85. The van der Waals surface area contributed by atoms with Crippen LogP contribution in [-0.4, -0.2) is 42.5 Å². The number of benzene rings is 1. The van der Waals surface area contributed by atoms with Gasteiger partial charge < -0.3 is 15.4 Å². The summed E-state index contributed by atoms with van der Waals surface area (Å²) in [6, 6.07) is 7.93. The van der Waals surface area contributed by atoms with Gasteiger partial charge in [-0.2, -0.15) is 0 Å². The van der Waals surface area contributed by atoms with Crippen molar-refractivity contribution in [2.24, 2.45) is 5.73 Å². The summed E-state index contributed by atoms with van der Waals surface area (Å²) in [6.07, 6.45) is -0.712. The molecule has 0 aromatic heterocycles. The zero-order valence-electron chi connectivity index (χ0n) is 12.8. The van der Waals surface area contributed by atoms with Gasteiger partial charge in [0, 0.05) is 6.54 Å². The predicted octanol–water partition coefficient (Wildman–Crippen LogP) is 0.985. The SMILES string of the molecule is Cc1ccc(C(C)(C)C(=O)N2CCO[C@@H](C(N)=O)C2)cc1. The first-order chi connectivity index (χ1) is 9.82. The molecule has 21 heavy (non-hydrogen) atoms. The van der Waals surface area contributed by atoms with Crippen molar-refractivity contribution in [2.45, 2.75) is 32.3 Å². The molecule has 2 rings (SSSR count). The second-order valence-corrected chi connectivity index (χ2v) is 6.00. The number of aryl methyl sites for hydroxylation is 1. The van der Waals surface area contributed by atoms with E-state index in [4.69, 9.17) is 10.5 Å². The number of amides is 2. The molecule has 1 aliphatic rings. The number of rotatable bonds is 3. The van der Waals surface area contributed by atoms with Gasteiger partial charge in [-0.25, -0.2) is 0 Å². The number of primary amides is 1. The van der Waals surface area contributed by atoms with Crippen LogP contribution < -0.4 is 5.73 Å². The highest BCUT2D eigenvalue weighted by molar-refractivity contribution is 5.88. The van der Waals surface area contributed by atoms with E-state index in [-0.39, 0.29) is 12.5 Å². The molecule has 1 heterocycles. The molecule has 1 fully saturated rings. The van der Waals surface area contributed by atoms with Gasteiger partial charge in [-0.3, -0.25) is 9.59 Å². The second-order valence-electron chi connectivity index (χ2n) is 6.00. The van der Waals surface area contributed by atoms with E-state index in [9.17, 15) is 9.59 Å². The number of hydrogen-bond donors (Lipinski definition) is 1. The van der Waals surface area contributed by atoms with Gasteiger partial charge >= 0.3 is 0 Å². The standard InChI is InChI=1S/C16H22N2O3/c1-11-4-6-12(7-5-11)16(2,3)15(20)18-8-9-21-13(10-18)14(17)19/h4-7,13H,8-10H2,1-3H3,(H2,17,19)/t13-/m1/s1. The van der Waals surface area contributed by atoms with Crippen LogP contribution in [0.1, 0.15) is 25.0 Å². The van der Waals surface area contributed by atoms with Crippen molar-refractivity contribution in [1.29, 1.82) is 0 Å². The molecule has 1 atom stereocenters. The molecule has 1 saturated heterocycles. The predicted molar refractivity (Wildman–Crippen MR) is 79.7 cm³/mol. The first-order valence-corrected chi connectivity index (χ1v) is 7.10. The van der Waals surface area contributed by atoms with Crippen molar-refractivity contribution < 1.29 is 14.3 Å². The van der Waals surface area contributed by atoms with Gasteiger partial charge in [0.2, 0.25) is 11.8 Å². The van der Waals surface area contributed by atoms with Crippen molar-refractivity contribution in [2.75, 3.05) is 19.7 Å². The van der Waals surface area contributed by atoms with Crippen LogP contribution in [0.25, 0.3) is 0 Å². The minimum absolute atomic E-state index is 0.0131. The summed E-state index contributed by atoms with van der Waals surface area (Å²) < 4.78 is 5.29. The minimum Gasteiger partial charge on any atom is -0.367 e. The lowest BCUT2D eigenvalue weighted by molar-refractivity contribution is -0.148. The monoisotopic (exact) mass is 290 g/mol. The maximum Gasteiger partial charge on any atom is 0.248 e. The third-order valence-corrected chi connectivity index (χ3v) is 3.98. The molecule has 0 unspecified atom stereocenters. The molecule has 0 spiro atoms. The Morgan fingerprint density at radius 3 is 2.48 bits per heavy atom. The van der Waals surface area contributed by atoms with Crippen molar-refractivity contribution in [3.8, 4) is 0 Å². The molecule has 1 aromatic rings. The summed E-state index contributed by atoms with van der Waals surface area (Å²) >= 11 is 0. The third kappa shape index (κ3) is 3.24. The fourth-order valence-electron chi connectivity index (χ4n) is 2.49. The first-order valence-electron chi connectivity index (χ1n) is 7.10. The number of morpholine rings is 1. The summed E-state index contributed by atoms with van der Waals surface area (Å²) in [7, 11) is 0. The number of ether oxygens (including phenoxy) is 1. The molecular weight excluding hydrogens is 268 g/mol. The molecular formula is C16H22N2O3. The topological polar surface area (TPSA) is 72.6 Å². The van der Waals surface area contributed by atoms with E-state index in [2.05, 4.69) is 0 Å². The van der Waals surface area contributed by atoms with Gasteiger partial charge in [0.15, 0.2) is 6.10 Å². The van der Waals surface area contributed by atoms with Gasteiger partial charge in [0.25, 0.3) is 0 Å². The largest absolute Gasteiger partial charge is 0.367 e. The van der Waals surface area contributed by atoms with Gasteiger partial charge in [-0.15, -0.1) is 0 Å². The summed E-state index contributed by atoms with van der Waals surface area (Å²) in [5, 5.41) is 0.